The highest BCUT2D eigenvalue weighted by molar-refractivity contribution is 5.93. The van der Waals surface area contributed by atoms with Crippen molar-refractivity contribution in [1.29, 1.82) is 0 Å². The summed E-state index contributed by atoms with van der Waals surface area (Å²) in [6.45, 7) is 2.03. The van der Waals surface area contributed by atoms with Gasteiger partial charge in [0, 0.05) is 53.5 Å². The van der Waals surface area contributed by atoms with Gasteiger partial charge in [-0.05, 0) is 38.2 Å². The van der Waals surface area contributed by atoms with Crippen molar-refractivity contribution in [2.75, 3.05) is 5.32 Å². The third-order valence-electron chi connectivity index (χ3n) is 6.09. The first-order chi connectivity index (χ1) is 14.0. The zero-order valence-corrected chi connectivity index (χ0v) is 16.2. The van der Waals surface area contributed by atoms with Gasteiger partial charge in [0.05, 0.1) is 5.60 Å². The van der Waals surface area contributed by atoms with Gasteiger partial charge in [-0.1, -0.05) is 6.92 Å². The van der Waals surface area contributed by atoms with Crippen molar-refractivity contribution < 1.29 is 9.50 Å². The number of fused-ring (bicyclic) bond motifs is 2. The van der Waals surface area contributed by atoms with Crippen LogP contribution in [0, 0.1) is 5.82 Å². The van der Waals surface area contributed by atoms with E-state index in [9.17, 15) is 9.50 Å². The summed E-state index contributed by atoms with van der Waals surface area (Å²) in [7, 11) is 0. The van der Waals surface area contributed by atoms with Crippen molar-refractivity contribution in [2.24, 2.45) is 0 Å². The van der Waals surface area contributed by atoms with E-state index in [4.69, 9.17) is 0 Å². The van der Waals surface area contributed by atoms with Crippen molar-refractivity contribution in [3.63, 3.8) is 0 Å². The summed E-state index contributed by atoms with van der Waals surface area (Å²) in [5.41, 5.74) is 2.05. The lowest BCUT2D eigenvalue weighted by Crippen LogP contribution is -2.38. The van der Waals surface area contributed by atoms with E-state index >= 15 is 0 Å². The Kier molecular flexibility index (Phi) is 4.24. The van der Waals surface area contributed by atoms with Gasteiger partial charge in [0.25, 0.3) is 0 Å². The average Bonchev–Trinajstić information content (AvgIpc) is 3.36. The predicted octanol–water partition coefficient (Wildman–Crippen LogP) is 3.91. The molecule has 8 heteroatoms. The Morgan fingerprint density at radius 1 is 1.34 bits per heavy atom. The van der Waals surface area contributed by atoms with E-state index in [1.165, 1.54) is 6.07 Å². The molecule has 0 radical (unpaired) electrons. The van der Waals surface area contributed by atoms with Crippen molar-refractivity contribution in [1.82, 2.24) is 24.3 Å². The summed E-state index contributed by atoms with van der Waals surface area (Å²) in [4.78, 5) is 16.3. The molecule has 0 amide bonds. The number of nitrogens with zero attached hydrogens (tertiary/aromatic N) is 4. The zero-order chi connectivity index (χ0) is 20.0. The van der Waals surface area contributed by atoms with Gasteiger partial charge in [-0.2, -0.15) is 4.98 Å². The third-order valence-corrected chi connectivity index (χ3v) is 6.09. The molecule has 0 saturated heterocycles. The minimum atomic E-state index is -0.525. The summed E-state index contributed by atoms with van der Waals surface area (Å²) in [5, 5.41) is 14.6. The first-order valence-corrected chi connectivity index (χ1v) is 10.0. The van der Waals surface area contributed by atoms with E-state index in [0.29, 0.717) is 17.2 Å². The van der Waals surface area contributed by atoms with Crippen LogP contribution in [-0.2, 0) is 0 Å². The molecular formula is C21H23FN6O. The molecule has 0 aliphatic heterocycles. The Bertz CT molecular complexity index is 1170. The molecule has 0 spiro atoms. The lowest BCUT2D eigenvalue weighted by atomic mass is 9.80. The van der Waals surface area contributed by atoms with Crippen LogP contribution in [0.25, 0.3) is 27.8 Å². The Morgan fingerprint density at radius 2 is 2.17 bits per heavy atom. The van der Waals surface area contributed by atoms with Gasteiger partial charge < -0.3 is 19.8 Å². The molecule has 4 aromatic heterocycles. The molecule has 1 fully saturated rings. The average molecular weight is 394 g/mol. The minimum absolute atomic E-state index is 0.256. The molecular weight excluding hydrogens is 371 g/mol. The van der Waals surface area contributed by atoms with E-state index in [1.807, 2.05) is 19.3 Å². The molecule has 4 aromatic rings. The maximum absolute atomic E-state index is 14.3. The highest BCUT2D eigenvalue weighted by atomic mass is 19.1. The topological polar surface area (TPSA) is 91.1 Å². The molecule has 0 unspecified atom stereocenters. The fraction of sp³-hybridized carbons (Fsp3) is 0.381. The predicted molar refractivity (Wildman–Crippen MR) is 109 cm³/mol. The monoisotopic (exact) mass is 394 g/mol. The first kappa shape index (κ1) is 18.1. The molecule has 1 aliphatic rings. The van der Waals surface area contributed by atoms with E-state index in [2.05, 4.69) is 25.3 Å². The molecule has 4 heterocycles. The van der Waals surface area contributed by atoms with Crippen LogP contribution in [0.1, 0.15) is 39.0 Å². The molecule has 7 nitrogen and oxygen atoms in total. The van der Waals surface area contributed by atoms with Crippen LogP contribution < -0.4 is 5.32 Å². The Morgan fingerprint density at radius 3 is 2.97 bits per heavy atom. The molecule has 150 valence electrons. The summed E-state index contributed by atoms with van der Waals surface area (Å²) in [6, 6.07) is 1.74. The SMILES string of the molecule is CCC1(O)CCC(Nc2ncc3c(-c4cc(F)c5nccn5c4)c[nH]c3n2)CC1. The fourth-order valence-electron chi connectivity index (χ4n) is 4.19. The lowest BCUT2D eigenvalue weighted by Gasteiger charge is -2.35. The van der Waals surface area contributed by atoms with Gasteiger partial charge in [-0.15, -0.1) is 0 Å². The largest absolute Gasteiger partial charge is 0.390 e. The number of aliphatic hydroxyl groups is 1. The number of imidazole rings is 1. The summed E-state index contributed by atoms with van der Waals surface area (Å²) >= 11 is 0. The quantitative estimate of drug-likeness (QED) is 0.488. The molecule has 1 saturated carbocycles. The highest BCUT2D eigenvalue weighted by Gasteiger charge is 2.31. The smallest absolute Gasteiger partial charge is 0.224 e. The number of pyridine rings is 1. The van der Waals surface area contributed by atoms with Crippen molar-refractivity contribution in [2.45, 2.75) is 50.7 Å². The minimum Gasteiger partial charge on any atom is -0.390 e. The van der Waals surface area contributed by atoms with Crippen LogP contribution in [0.3, 0.4) is 0 Å². The van der Waals surface area contributed by atoms with Gasteiger partial charge >= 0.3 is 0 Å². The van der Waals surface area contributed by atoms with Gasteiger partial charge in [-0.25, -0.2) is 14.4 Å². The van der Waals surface area contributed by atoms with Gasteiger partial charge in [0.2, 0.25) is 5.95 Å². The Hall–Kier alpha value is -3.00. The highest BCUT2D eigenvalue weighted by Crippen LogP contribution is 2.33. The number of hydrogen-bond donors (Lipinski definition) is 3. The second-order valence-electron chi connectivity index (χ2n) is 7.89. The number of nitrogens with one attached hydrogen (secondary N) is 2. The van der Waals surface area contributed by atoms with Gasteiger partial charge in [0.1, 0.15) is 5.65 Å². The van der Waals surface area contributed by atoms with E-state index < -0.39 is 5.60 Å². The van der Waals surface area contributed by atoms with Crippen LogP contribution >= 0.6 is 0 Å². The first-order valence-electron chi connectivity index (χ1n) is 10.0. The van der Waals surface area contributed by atoms with Crippen molar-refractivity contribution >= 4 is 22.6 Å². The molecule has 0 atom stereocenters. The van der Waals surface area contributed by atoms with Crippen LogP contribution in [-0.4, -0.2) is 41.1 Å². The summed E-state index contributed by atoms with van der Waals surface area (Å²) < 4.78 is 16.0. The van der Waals surface area contributed by atoms with E-state index in [-0.39, 0.29) is 11.9 Å². The number of H-pyrrole nitrogens is 1. The van der Waals surface area contributed by atoms with E-state index in [1.54, 1.807) is 23.0 Å². The maximum atomic E-state index is 14.3. The number of anilines is 1. The molecule has 29 heavy (non-hydrogen) atoms. The molecule has 3 N–H and O–H groups in total. The number of rotatable bonds is 4. The molecule has 5 rings (SSSR count). The third kappa shape index (κ3) is 3.23. The normalized spacial score (nSPS) is 22.4. The Balaban J connectivity index is 1.40. The number of aromatic amines is 1. The number of aromatic nitrogens is 5. The van der Waals surface area contributed by atoms with Crippen LogP contribution in [0.15, 0.2) is 37.1 Å². The summed E-state index contributed by atoms with van der Waals surface area (Å²) in [5.74, 6) is 0.194. The number of halogens is 1. The van der Waals surface area contributed by atoms with Crippen LogP contribution in [0.2, 0.25) is 0 Å². The molecule has 0 bridgehead atoms. The zero-order valence-electron chi connectivity index (χ0n) is 16.2. The summed E-state index contributed by atoms with van der Waals surface area (Å²) in [6.07, 6.45) is 12.9. The van der Waals surface area contributed by atoms with E-state index in [0.717, 1.165) is 48.6 Å². The van der Waals surface area contributed by atoms with Gasteiger partial charge in [-0.3, -0.25) is 0 Å². The standard InChI is InChI=1S/C21H23FN6O/c1-2-21(29)5-3-14(4-6-21)26-20-25-11-16-15(10-24-18(16)27-20)13-9-17(22)19-23-7-8-28(19)12-13/h7-12,14,29H,2-6H2,1H3,(H2,24,25,26,27). The maximum Gasteiger partial charge on any atom is 0.224 e. The second kappa shape index (κ2) is 6.81. The molecule has 1 aliphatic carbocycles. The van der Waals surface area contributed by atoms with Crippen molar-refractivity contribution in [3.8, 4) is 11.1 Å². The lowest BCUT2D eigenvalue weighted by molar-refractivity contribution is -0.00197. The molecule has 0 aromatic carbocycles. The Labute approximate surface area is 167 Å². The van der Waals surface area contributed by atoms with Crippen molar-refractivity contribution in [3.05, 3.63) is 42.9 Å². The van der Waals surface area contributed by atoms with Gasteiger partial charge in [0.15, 0.2) is 11.5 Å². The number of hydrogen-bond acceptors (Lipinski definition) is 5. The van der Waals surface area contributed by atoms with Crippen LogP contribution in [0.5, 0.6) is 0 Å². The fourth-order valence-corrected chi connectivity index (χ4v) is 4.19. The second-order valence-corrected chi connectivity index (χ2v) is 7.89. The van der Waals surface area contributed by atoms with Crippen LogP contribution in [0.4, 0.5) is 10.3 Å².